The van der Waals surface area contributed by atoms with Gasteiger partial charge in [-0.1, -0.05) is 36.4 Å². The second-order valence-corrected chi connectivity index (χ2v) is 13.3. The normalized spacial score (nSPS) is 20.8. The summed E-state index contributed by atoms with van der Waals surface area (Å²) in [5.41, 5.74) is 5.34. The minimum Gasteiger partial charge on any atom is -0.542 e. The van der Waals surface area contributed by atoms with Crippen LogP contribution in [0.25, 0.3) is 11.1 Å². The number of benzene rings is 3. The maximum absolute atomic E-state index is 14.9. The average molecular weight is 656 g/mol. The summed E-state index contributed by atoms with van der Waals surface area (Å²) in [4.78, 5) is 26.8. The first-order valence-electron chi connectivity index (χ1n) is 15.8. The van der Waals surface area contributed by atoms with Crippen molar-refractivity contribution in [2.24, 2.45) is 0 Å². The van der Waals surface area contributed by atoms with Crippen LogP contribution in [0.4, 0.5) is 17.6 Å². The number of hydrogen-bond donors (Lipinski definition) is 2. The molecule has 2 N–H and O–H groups in total. The molecule has 3 saturated heterocycles. The number of carboxylic acid groups (broad SMARTS) is 1. The van der Waals surface area contributed by atoms with Crippen LogP contribution in [-0.4, -0.2) is 97.8 Å². The Labute approximate surface area is 272 Å². The average Bonchev–Trinajstić information content (AvgIpc) is 3.65. The summed E-state index contributed by atoms with van der Waals surface area (Å²) < 4.78 is 47.6. The number of quaternary nitrogens is 1. The first kappa shape index (κ1) is 34.5. The Morgan fingerprint density at radius 3 is 2.28 bits per heavy atom. The van der Waals surface area contributed by atoms with Crippen LogP contribution < -0.4 is 15.7 Å². The van der Waals surface area contributed by atoms with Gasteiger partial charge in [0.2, 0.25) is 0 Å². The number of fused-ring (bicyclic) bond motifs is 2. The third-order valence-electron chi connectivity index (χ3n) is 9.15. The molecule has 0 radical (unpaired) electrons. The predicted octanol–water partition coefficient (Wildman–Crippen LogP) is 3.16. The number of nitrogens with one attached hydrogen (secondary N) is 2. The monoisotopic (exact) mass is 655 g/mol. The second kappa shape index (κ2) is 14.5. The van der Waals surface area contributed by atoms with E-state index in [0.717, 1.165) is 73.5 Å². The zero-order valence-corrected chi connectivity index (χ0v) is 26.7. The number of likely N-dealkylation sites (N-methyl/N-ethyl adjacent to an activating group) is 1. The van der Waals surface area contributed by atoms with Crippen molar-refractivity contribution in [2.75, 3.05) is 53.4 Å². The Balaban J connectivity index is 0.000000559. The summed E-state index contributed by atoms with van der Waals surface area (Å²) >= 11 is 0. The Hall–Kier alpha value is -3.84. The van der Waals surface area contributed by atoms with Crippen LogP contribution in [0, 0.1) is 5.82 Å². The zero-order valence-electron chi connectivity index (χ0n) is 26.7. The van der Waals surface area contributed by atoms with E-state index < -0.39 is 12.1 Å². The van der Waals surface area contributed by atoms with E-state index in [4.69, 9.17) is 9.90 Å². The smallest absolute Gasteiger partial charge is 0.430 e. The molecule has 252 valence electrons. The molecule has 0 aromatic heterocycles. The third kappa shape index (κ3) is 9.38. The van der Waals surface area contributed by atoms with E-state index >= 15 is 0 Å². The molecule has 3 aromatic carbocycles. The molecule has 0 unspecified atom stereocenters. The van der Waals surface area contributed by atoms with Gasteiger partial charge in [-0.3, -0.25) is 14.6 Å². The number of amides is 1. The molecule has 0 spiro atoms. The largest absolute Gasteiger partial charge is 0.542 e. The molecule has 12 heteroatoms. The number of piperazine rings is 2. The Bertz CT molecular complexity index is 1570. The number of carbonyl (C=O) groups is 2. The Morgan fingerprint density at radius 1 is 0.957 bits per heavy atom. The van der Waals surface area contributed by atoms with Crippen LogP contribution in [-0.2, 0) is 24.4 Å². The molecule has 3 aliphatic heterocycles. The molecule has 1 amide bonds. The van der Waals surface area contributed by atoms with Crippen molar-refractivity contribution < 1.29 is 36.7 Å². The van der Waals surface area contributed by atoms with E-state index in [1.165, 1.54) is 18.1 Å². The van der Waals surface area contributed by atoms with E-state index in [0.29, 0.717) is 29.8 Å². The lowest BCUT2D eigenvalue weighted by atomic mass is 10.00. The van der Waals surface area contributed by atoms with Crippen molar-refractivity contribution >= 4 is 11.9 Å². The summed E-state index contributed by atoms with van der Waals surface area (Å²) in [5.74, 6) is -3.36. The SMILES string of the molecule is C[N+]1(C)CCN(Cc2cccc(C(=O)NCc3ccc(F)c(-c4cccc(CN5C[C@@H]6C[C@H]5CN6)c4)c3)c2)CC1.O=C([O-])C(F)(F)F. The number of alkyl halides is 3. The van der Waals surface area contributed by atoms with Gasteiger partial charge in [-0.05, 0) is 59.0 Å². The van der Waals surface area contributed by atoms with E-state index in [9.17, 15) is 22.4 Å². The minimum atomic E-state index is -5.19. The van der Waals surface area contributed by atoms with Crippen molar-refractivity contribution in [3.63, 3.8) is 0 Å². The van der Waals surface area contributed by atoms with Crippen molar-refractivity contribution in [2.45, 2.75) is 44.3 Å². The van der Waals surface area contributed by atoms with E-state index in [1.54, 1.807) is 6.07 Å². The fourth-order valence-corrected chi connectivity index (χ4v) is 6.38. The van der Waals surface area contributed by atoms with Crippen LogP contribution in [0.3, 0.4) is 0 Å². The van der Waals surface area contributed by atoms with Crippen LogP contribution in [0.2, 0.25) is 0 Å². The van der Waals surface area contributed by atoms with Gasteiger partial charge < -0.3 is 25.0 Å². The number of carboxylic acids is 1. The minimum absolute atomic E-state index is 0.111. The highest BCUT2D eigenvalue weighted by atomic mass is 19.4. The number of hydrogen-bond acceptors (Lipinski definition) is 6. The molecule has 3 aliphatic rings. The van der Waals surface area contributed by atoms with Gasteiger partial charge in [-0.25, -0.2) is 4.39 Å². The van der Waals surface area contributed by atoms with Gasteiger partial charge in [0.15, 0.2) is 0 Å². The van der Waals surface area contributed by atoms with Gasteiger partial charge in [0.25, 0.3) is 5.91 Å². The van der Waals surface area contributed by atoms with Gasteiger partial charge >= 0.3 is 6.18 Å². The molecule has 2 atom stereocenters. The third-order valence-corrected chi connectivity index (χ3v) is 9.15. The van der Waals surface area contributed by atoms with Crippen molar-refractivity contribution in [3.8, 4) is 11.1 Å². The van der Waals surface area contributed by atoms with E-state index in [-0.39, 0.29) is 11.7 Å². The molecule has 2 bridgehead atoms. The number of nitrogens with zero attached hydrogens (tertiary/aromatic N) is 3. The number of likely N-dealkylation sites (tertiary alicyclic amines) is 1. The van der Waals surface area contributed by atoms with Gasteiger partial charge in [0.05, 0.1) is 27.2 Å². The lowest BCUT2D eigenvalue weighted by Gasteiger charge is -2.39. The molecular weight excluding hydrogens is 614 g/mol. The van der Waals surface area contributed by atoms with Crippen LogP contribution in [0.5, 0.6) is 0 Å². The van der Waals surface area contributed by atoms with Crippen molar-refractivity contribution in [3.05, 3.63) is 94.8 Å². The van der Waals surface area contributed by atoms with E-state index in [1.807, 2.05) is 36.4 Å². The fraction of sp³-hybridized carbons (Fsp3) is 0.429. The number of aliphatic carboxylic acids is 1. The summed E-state index contributed by atoms with van der Waals surface area (Å²) in [6.07, 6.45) is -3.97. The van der Waals surface area contributed by atoms with Crippen molar-refractivity contribution in [1.82, 2.24) is 20.4 Å². The summed E-state index contributed by atoms with van der Waals surface area (Å²) in [5, 5.41) is 15.4. The topological polar surface area (TPSA) is 87.7 Å². The summed E-state index contributed by atoms with van der Waals surface area (Å²) in [6, 6.07) is 22.5. The second-order valence-electron chi connectivity index (χ2n) is 13.3. The standard InChI is InChI=1S/C33H40FN5O.C2HF3O2/c1-39(2)13-11-37(12-14-39)21-25-5-4-8-28(16-25)33(40)36-19-24-9-10-32(34)31(17-24)27-7-3-6-26(15-27)22-38-23-29-18-30(38)20-35-29;3-2(4,5)1(6)7/h3-10,15-17,29-30,35H,11-14,18-23H2,1-2H3;(H,6,7)/t29-,30-;/m0./s1. The maximum Gasteiger partial charge on any atom is 0.430 e. The van der Waals surface area contributed by atoms with Crippen LogP contribution in [0.15, 0.2) is 66.7 Å². The summed E-state index contributed by atoms with van der Waals surface area (Å²) in [7, 11) is 4.56. The summed E-state index contributed by atoms with van der Waals surface area (Å²) in [6.45, 7) is 8.65. The van der Waals surface area contributed by atoms with Crippen LogP contribution >= 0.6 is 0 Å². The van der Waals surface area contributed by atoms with Gasteiger partial charge in [-0.2, -0.15) is 13.2 Å². The molecule has 47 heavy (non-hydrogen) atoms. The highest BCUT2D eigenvalue weighted by Gasteiger charge is 2.37. The Morgan fingerprint density at radius 2 is 1.64 bits per heavy atom. The quantitative estimate of drug-likeness (QED) is 0.287. The Kier molecular flexibility index (Phi) is 10.6. The molecular formula is C35H41F4N5O3. The number of carbonyl (C=O) groups excluding carboxylic acids is 2. The molecule has 3 heterocycles. The highest BCUT2D eigenvalue weighted by Crippen LogP contribution is 2.28. The maximum atomic E-state index is 14.9. The zero-order chi connectivity index (χ0) is 33.8. The first-order chi connectivity index (χ1) is 22.3. The molecule has 3 aromatic rings. The molecule has 8 nitrogen and oxygen atoms in total. The molecule has 6 rings (SSSR count). The van der Waals surface area contributed by atoms with Crippen molar-refractivity contribution in [1.29, 1.82) is 0 Å². The van der Waals surface area contributed by atoms with Gasteiger partial charge in [0.1, 0.15) is 11.8 Å². The lowest BCUT2D eigenvalue weighted by Crippen LogP contribution is -2.54. The number of halogens is 4. The van der Waals surface area contributed by atoms with Gasteiger partial charge in [0, 0.05) is 69.0 Å². The van der Waals surface area contributed by atoms with Crippen LogP contribution in [0.1, 0.15) is 33.5 Å². The van der Waals surface area contributed by atoms with Gasteiger partial charge in [-0.15, -0.1) is 0 Å². The highest BCUT2D eigenvalue weighted by molar-refractivity contribution is 5.94. The fourth-order valence-electron chi connectivity index (χ4n) is 6.38. The predicted molar refractivity (Wildman–Crippen MR) is 168 cm³/mol. The molecule has 0 saturated carbocycles. The lowest BCUT2D eigenvalue weighted by molar-refractivity contribution is -0.894. The first-order valence-corrected chi connectivity index (χ1v) is 15.8. The van der Waals surface area contributed by atoms with E-state index in [2.05, 4.69) is 52.7 Å². The molecule has 0 aliphatic carbocycles. The number of rotatable bonds is 8. The molecule has 3 fully saturated rings.